The molecule has 0 saturated heterocycles. The average molecular weight is 726 g/mol. The Morgan fingerprint density at radius 3 is 1.58 bits per heavy atom. The van der Waals surface area contributed by atoms with Crippen molar-refractivity contribution in [1.82, 2.24) is 0 Å². The maximum absolute atomic E-state index is 6.35. The first kappa shape index (κ1) is 31.9. The number of benzene rings is 9. The van der Waals surface area contributed by atoms with Gasteiger partial charge in [0.15, 0.2) is 0 Å². The summed E-state index contributed by atoms with van der Waals surface area (Å²) in [5.74, 6) is 0. The van der Waals surface area contributed by atoms with Crippen LogP contribution in [-0.4, -0.2) is 0 Å². The van der Waals surface area contributed by atoms with Crippen molar-refractivity contribution < 1.29 is 4.42 Å². The largest absolute Gasteiger partial charge is 0.456 e. The van der Waals surface area contributed by atoms with Crippen LogP contribution >= 0.6 is 0 Å². The summed E-state index contributed by atoms with van der Waals surface area (Å²) in [4.78, 5) is 2.45. The molecule has 0 radical (unpaired) electrons. The van der Waals surface area contributed by atoms with Crippen LogP contribution in [0.1, 0.15) is 22.3 Å². The Labute approximate surface area is 331 Å². The second-order valence-corrected chi connectivity index (χ2v) is 15.2. The summed E-state index contributed by atoms with van der Waals surface area (Å²) >= 11 is 0. The number of furan rings is 1. The lowest BCUT2D eigenvalue weighted by molar-refractivity contribution is 0.669. The summed E-state index contributed by atoms with van der Waals surface area (Å²) in [6.45, 7) is 0. The number of rotatable bonds is 5. The predicted octanol–water partition coefficient (Wildman–Crippen LogP) is 14.7. The van der Waals surface area contributed by atoms with Crippen molar-refractivity contribution in [2.24, 2.45) is 0 Å². The first-order valence-electron chi connectivity index (χ1n) is 19.7. The molecule has 2 heteroatoms. The van der Waals surface area contributed by atoms with E-state index in [1.165, 1.54) is 55.6 Å². The summed E-state index contributed by atoms with van der Waals surface area (Å²) in [6.07, 6.45) is 0. The summed E-state index contributed by atoms with van der Waals surface area (Å²) in [5.41, 5.74) is 19.8. The minimum Gasteiger partial charge on any atom is -0.456 e. The minimum absolute atomic E-state index is 0.449. The number of fused-ring (bicyclic) bond motifs is 13. The number of para-hydroxylation sites is 2. The fourth-order valence-corrected chi connectivity index (χ4v) is 9.91. The molecule has 0 fully saturated rings. The summed E-state index contributed by atoms with van der Waals surface area (Å²) < 4.78 is 6.35. The highest BCUT2D eigenvalue weighted by molar-refractivity contribution is 6.07. The van der Waals surface area contributed by atoms with Crippen molar-refractivity contribution >= 4 is 39.0 Å². The Balaban J connectivity index is 1.13. The normalized spacial score (nSPS) is 13.1. The summed E-state index contributed by atoms with van der Waals surface area (Å²) in [5, 5.41) is 2.21. The second kappa shape index (κ2) is 12.3. The lowest BCUT2D eigenvalue weighted by Gasteiger charge is -2.32. The summed E-state index contributed by atoms with van der Waals surface area (Å²) in [7, 11) is 0. The van der Waals surface area contributed by atoms with E-state index >= 15 is 0 Å². The number of nitrogens with zero attached hydrogens (tertiary/aromatic N) is 1. The van der Waals surface area contributed by atoms with Gasteiger partial charge in [0, 0.05) is 27.7 Å². The molecule has 0 bridgehead atoms. The molecule has 0 saturated carbocycles. The van der Waals surface area contributed by atoms with Gasteiger partial charge in [0.25, 0.3) is 0 Å². The van der Waals surface area contributed by atoms with Gasteiger partial charge in [0.05, 0.1) is 11.1 Å². The van der Waals surface area contributed by atoms with Crippen LogP contribution in [0.15, 0.2) is 217 Å². The van der Waals surface area contributed by atoms with Gasteiger partial charge in [-0.05, 0) is 110 Å². The van der Waals surface area contributed by atoms with E-state index in [1.54, 1.807) is 0 Å². The van der Waals surface area contributed by atoms with Gasteiger partial charge in [-0.1, -0.05) is 164 Å². The molecule has 2 nitrogen and oxygen atoms in total. The molecular weight excluding hydrogens is 691 g/mol. The molecule has 9 aromatic carbocycles. The third kappa shape index (κ3) is 4.59. The molecule has 57 heavy (non-hydrogen) atoms. The van der Waals surface area contributed by atoms with E-state index in [0.717, 1.165) is 50.1 Å². The molecule has 266 valence electrons. The van der Waals surface area contributed by atoms with Gasteiger partial charge >= 0.3 is 0 Å². The first-order chi connectivity index (χ1) is 28.3. The second-order valence-electron chi connectivity index (χ2n) is 15.2. The Bertz CT molecular complexity index is 3140. The standard InChI is InChI=1S/C55H35NO/c1-2-15-36(16-3-1)37-17-14-18-38(33-37)41-19-7-12-27-52(41)56(39-30-32-54-47(34-39)46-23-8-13-28-53(46)57-54)40-29-31-45-44-22-6-11-26-50(44)55(51(45)35-40)48-24-9-4-20-42(48)43-21-5-10-25-49(43)55/h1-35H. The zero-order chi connectivity index (χ0) is 37.5. The minimum atomic E-state index is -0.449. The molecule has 2 aliphatic carbocycles. The van der Waals surface area contributed by atoms with E-state index in [-0.39, 0.29) is 0 Å². The molecule has 1 aromatic heterocycles. The zero-order valence-corrected chi connectivity index (χ0v) is 31.1. The highest BCUT2D eigenvalue weighted by Gasteiger charge is 2.51. The molecule has 0 atom stereocenters. The smallest absolute Gasteiger partial charge is 0.135 e. The molecule has 0 aliphatic heterocycles. The molecule has 10 aromatic rings. The quantitative estimate of drug-likeness (QED) is 0.176. The van der Waals surface area contributed by atoms with Crippen molar-refractivity contribution in [3.05, 3.63) is 235 Å². The van der Waals surface area contributed by atoms with Crippen LogP contribution in [0.4, 0.5) is 17.1 Å². The third-order valence-electron chi connectivity index (χ3n) is 12.3. The third-order valence-corrected chi connectivity index (χ3v) is 12.3. The van der Waals surface area contributed by atoms with Crippen molar-refractivity contribution in [2.45, 2.75) is 5.41 Å². The summed E-state index contributed by atoms with van der Waals surface area (Å²) in [6, 6.07) is 77.6. The van der Waals surface area contributed by atoms with E-state index in [0.29, 0.717) is 0 Å². The molecule has 0 N–H and O–H groups in total. The fraction of sp³-hybridized carbons (Fsp3) is 0.0182. The van der Waals surface area contributed by atoms with Crippen LogP contribution in [0.25, 0.3) is 66.4 Å². The Kier molecular flexibility index (Phi) is 6.88. The van der Waals surface area contributed by atoms with Crippen LogP contribution in [0.5, 0.6) is 0 Å². The van der Waals surface area contributed by atoms with E-state index in [4.69, 9.17) is 4.42 Å². The highest BCUT2D eigenvalue weighted by atomic mass is 16.3. The van der Waals surface area contributed by atoms with Crippen molar-refractivity contribution in [3.63, 3.8) is 0 Å². The SMILES string of the molecule is c1ccc(-c2cccc(-c3ccccc3N(c3ccc4c(c3)C3(c5ccccc5-c5ccccc53)c3ccccc3-4)c3ccc4oc5ccccc5c4c3)c2)cc1. The van der Waals surface area contributed by atoms with Crippen molar-refractivity contribution in [2.75, 3.05) is 4.90 Å². The average Bonchev–Trinajstić information content (AvgIpc) is 3.91. The lowest BCUT2D eigenvalue weighted by atomic mass is 9.70. The highest BCUT2D eigenvalue weighted by Crippen LogP contribution is 2.63. The van der Waals surface area contributed by atoms with Gasteiger partial charge in [-0.3, -0.25) is 0 Å². The Hall–Kier alpha value is -7.42. The molecule has 1 heterocycles. The predicted molar refractivity (Wildman–Crippen MR) is 236 cm³/mol. The van der Waals surface area contributed by atoms with Crippen molar-refractivity contribution in [3.8, 4) is 44.5 Å². The molecule has 2 aliphatic rings. The number of hydrogen-bond donors (Lipinski definition) is 0. The molecule has 1 spiro atoms. The maximum atomic E-state index is 6.35. The number of hydrogen-bond acceptors (Lipinski definition) is 2. The number of anilines is 3. The van der Waals surface area contributed by atoms with Gasteiger partial charge < -0.3 is 9.32 Å². The Morgan fingerprint density at radius 1 is 0.316 bits per heavy atom. The van der Waals surface area contributed by atoms with E-state index in [9.17, 15) is 0 Å². The van der Waals surface area contributed by atoms with Crippen LogP contribution in [0.3, 0.4) is 0 Å². The lowest BCUT2D eigenvalue weighted by Crippen LogP contribution is -2.26. The van der Waals surface area contributed by atoms with Gasteiger partial charge in [-0.2, -0.15) is 0 Å². The molecular formula is C55H35NO. The topological polar surface area (TPSA) is 16.4 Å². The maximum Gasteiger partial charge on any atom is 0.135 e. The van der Waals surface area contributed by atoms with Crippen LogP contribution in [0, 0.1) is 0 Å². The fourth-order valence-electron chi connectivity index (χ4n) is 9.91. The molecule has 0 unspecified atom stereocenters. The van der Waals surface area contributed by atoms with Gasteiger partial charge in [0.1, 0.15) is 11.2 Å². The molecule has 12 rings (SSSR count). The van der Waals surface area contributed by atoms with Gasteiger partial charge in [-0.25, -0.2) is 0 Å². The van der Waals surface area contributed by atoms with Crippen molar-refractivity contribution in [1.29, 1.82) is 0 Å². The van der Waals surface area contributed by atoms with Crippen LogP contribution < -0.4 is 4.90 Å². The van der Waals surface area contributed by atoms with E-state index < -0.39 is 5.41 Å². The van der Waals surface area contributed by atoms with Gasteiger partial charge in [0.2, 0.25) is 0 Å². The van der Waals surface area contributed by atoms with E-state index in [2.05, 4.69) is 211 Å². The zero-order valence-electron chi connectivity index (χ0n) is 31.1. The molecule has 0 amide bonds. The Morgan fingerprint density at radius 2 is 0.842 bits per heavy atom. The first-order valence-corrected chi connectivity index (χ1v) is 19.7. The monoisotopic (exact) mass is 725 g/mol. The van der Waals surface area contributed by atoms with Crippen LogP contribution in [0.2, 0.25) is 0 Å². The van der Waals surface area contributed by atoms with E-state index in [1.807, 2.05) is 6.07 Å². The van der Waals surface area contributed by atoms with Gasteiger partial charge in [-0.15, -0.1) is 0 Å². The van der Waals surface area contributed by atoms with Crippen LogP contribution in [-0.2, 0) is 5.41 Å².